The number of hydrazine groups is 1. The van der Waals surface area contributed by atoms with Crippen LogP contribution in [0.4, 0.5) is 4.39 Å². The summed E-state index contributed by atoms with van der Waals surface area (Å²) in [5.41, 5.74) is 4.02. The molecule has 1 heterocycles. The van der Waals surface area contributed by atoms with E-state index in [1.165, 1.54) is 7.11 Å². The summed E-state index contributed by atoms with van der Waals surface area (Å²) in [6.07, 6.45) is 1.93. The van der Waals surface area contributed by atoms with Gasteiger partial charge in [0, 0.05) is 5.56 Å². The summed E-state index contributed by atoms with van der Waals surface area (Å²) in [6, 6.07) is 6.56. The zero-order valence-electron chi connectivity index (χ0n) is 10.3. The Morgan fingerprint density at radius 1 is 1.47 bits per heavy atom. The van der Waals surface area contributed by atoms with Crippen molar-refractivity contribution in [2.75, 3.05) is 7.11 Å². The second kappa shape index (κ2) is 6.18. The molecule has 19 heavy (non-hydrogen) atoms. The van der Waals surface area contributed by atoms with E-state index in [0.717, 1.165) is 5.56 Å². The highest BCUT2D eigenvalue weighted by Crippen LogP contribution is 2.29. The third-order valence-electron chi connectivity index (χ3n) is 2.91. The Morgan fingerprint density at radius 2 is 2.26 bits per heavy atom. The number of hydrogen-bond donors (Lipinski definition) is 2. The van der Waals surface area contributed by atoms with E-state index < -0.39 is 0 Å². The first-order valence-electron chi connectivity index (χ1n) is 5.67. The van der Waals surface area contributed by atoms with Crippen LogP contribution in [-0.2, 0) is 6.42 Å². The lowest BCUT2D eigenvalue weighted by molar-refractivity contribution is 0.382. The Labute approximate surface area is 118 Å². The largest absolute Gasteiger partial charge is 0.494 e. The molecule has 0 amide bonds. The summed E-state index contributed by atoms with van der Waals surface area (Å²) in [4.78, 5) is 0. The average Bonchev–Trinajstić information content (AvgIpc) is 2.84. The molecule has 2 rings (SSSR count). The van der Waals surface area contributed by atoms with Crippen LogP contribution in [0.5, 0.6) is 5.75 Å². The van der Waals surface area contributed by atoms with Crippen molar-refractivity contribution in [2.45, 2.75) is 12.5 Å². The molecular formula is C13H14BrFN2O2. The molecule has 1 unspecified atom stereocenters. The van der Waals surface area contributed by atoms with Crippen molar-refractivity contribution in [1.82, 2.24) is 5.43 Å². The molecule has 1 aromatic carbocycles. The van der Waals surface area contributed by atoms with Crippen LogP contribution in [-0.4, -0.2) is 7.11 Å². The van der Waals surface area contributed by atoms with Gasteiger partial charge in [-0.1, -0.05) is 12.1 Å². The van der Waals surface area contributed by atoms with Gasteiger partial charge in [-0.05, 0) is 40.0 Å². The molecule has 0 aliphatic heterocycles. The van der Waals surface area contributed by atoms with E-state index >= 15 is 0 Å². The van der Waals surface area contributed by atoms with Crippen molar-refractivity contribution >= 4 is 15.9 Å². The van der Waals surface area contributed by atoms with E-state index in [-0.39, 0.29) is 17.6 Å². The molecular weight excluding hydrogens is 315 g/mol. The van der Waals surface area contributed by atoms with Crippen molar-refractivity contribution in [3.8, 4) is 5.75 Å². The topological polar surface area (TPSA) is 60.4 Å². The van der Waals surface area contributed by atoms with Crippen LogP contribution in [0.25, 0.3) is 0 Å². The number of ether oxygens (including phenoxy) is 1. The monoisotopic (exact) mass is 328 g/mol. The van der Waals surface area contributed by atoms with Gasteiger partial charge < -0.3 is 9.15 Å². The second-order valence-electron chi connectivity index (χ2n) is 4.01. The summed E-state index contributed by atoms with van der Waals surface area (Å²) in [6.45, 7) is 0. The molecule has 0 aliphatic carbocycles. The third-order valence-corrected chi connectivity index (χ3v) is 3.55. The van der Waals surface area contributed by atoms with Gasteiger partial charge >= 0.3 is 0 Å². The van der Waals surface area contributed by atoms with Crippen molar-refractivity contribution < 1.29 is 13.5 Å². The fraction of sp³-hybridized carbons (Fsp3) is 0.231. The van der Waals surface area contributed by atoms with E-state index in [9.17, 15) is 4.39 Å². The van der Waals surface area contributed by atoms with Gasteiger partial charge in [0.05, 0.1) is 19.4 Å². The molecule has 6 heteroatoms. The van der Waals surface area contributed by atoms with Crippen LogP contribution < -0.4 is 16.0 Å². The van der Waals surface area contributed by atoms with Gasteiger partial charge in [-0.2, -0.15) is 0 Å². The first-order valence-corrected chi connectivity index (χ1v) is 6.47. The fourth-order valence-corrected chi connectivity index (χ4v) is 2.42. The van der Waals surface area contributed by atoms with Gasteiger partial charge in [0.2, 0.25) is 0 Å². The first kappa shape index (κ1) is 14.0. The van der Waals surface area contributed by atoms with Crippen LogP contribution in [0.15, 0.2) is 39.6 Å². The molecule has 3 N–H and O–H groups in total. The Bertz CT molecular complexity index is 559. The molecule has 0 aliphatic rings. The lowest BCUT2D eigenvalue weighted by Crippen LogP contribution is -2.29. The number of nitrogens with two attached hydrogens (primary N) is 1. The minimum atomic E-state index is -0.370. The Morgan fingerprint density at radius 3 is 2.84 bits per heavy atom. The quantitative estimate of drug-likeness (QED) is 0.654. The predicted octanol–water partition coefficient (Wildman–Crippen LogP) is 2.94. The zero-order valence-corrected chi connectivity index (χ0v) is 11.9. The van der Waals surface area contributed by atoms with Crippen LogP contribution in [0.1, 0.15) is 17.2 Å². The molecule has 1 atom stereocenters. The summed E-state index contributed by atoms with van der Waals surface area (Å²) >= 11 is 3.29. The number of methoxy groups -OCH3 is 1. The average molecular weight is 329 g/mol. The number of benzene rings is 1. The fourth-order valence-electron chi connectivity index (χ4n) is 1.90. The van der Waals surface area contributed by atoms with E-state index in [4.69, 9.17) is 15.0 Å². The van der Waals surface area contributed by atoms with Crippen molar-refractivity contribution in [2.24, 2.45) is 5.84 Å². The lowest BCUT2D eigenvalue weighted by atomic mass is 10.0. The summed E-state index contributed by atoms with van der Waals surface area (Å²) in [7, 11) is 1.44. The van der Waals surface area contributed by atoms with Gasteiger partial charge in [-0.25, -0.2) is 4.39 Å². The molecule has 0 bridgehead atoms. The Hall–Kier alpha value is -1.37. The molecule has 0 saturated carbocycles. The highest BCUT2D eigenvalue weighted by atomic mass is 79.9. The maximum Gasteiger partial charge on any atom is 0.173 e. The maximum atomic E-state index is 14.1. The summed E-state index contributed by atoms with van der Waals surface area (Å²) in [5.74, 6) is 5.39. The number of halogens is 2. The number of furan rings is 1. The SMILES string of the molecule is COc1cccc(CC(NN)c2ccoc2Br)c1F. The van der Waals surface area contributed by atoms with Crippen molar-refractivity contribution in [3.63, 3.8) is 0 Å². The summed E-state index contributed by atoms with van der Waals surface area (Å²) in [5, 5.41) is 0. The smallest absolute Gasteiger partial charge is 0.173 e. The van der Waals surface area contributed by atoms with Crippen LogP contribution in [0.3, 0.4) is 0 Å². The molecule has 0 radical (unpaired) electrons. The summed E-state index contributed by atoms with van der Waals surface area (Å²) < 4.78 is 24.8. The minimum absolute atomic E-state index is 0.222. The van der Waals surface area contributed by atoms with E-state index in [1.807, 2.05) is 0 Å². The first-order chi connectivity index (χ1) is 9.17. The lowest BCUT2D eigenvalue weighted by Gasteiger charge is -2.16. The molecule has 0 spiro atoms. The highest BCUT2D eigenvalue weighted by molar-refractivity contribution is 9.10. The number of nitrogens with one attached hydrogen (secondary N) is 1. The highest BCUT2D eigenvalue weighted by Gasteiger charge is 2.19. The van der Waals surface area contributed by atoms with Gasteiger partial charge in [-0.15, -0.1) is 0 Å². The molecule has 102 valence electrons. The third kappa shape index (κ3) is 2.97. The van der Waals surface area contributed by atoms with Crippen molar-refractivity contribution in [1.29, 1.82) is 0 Å². The van der Waals surface area contributed by atoms with Crippen LogP contribution >= 0.6 is 15.9 Å². The van der Waals surface area contributed by atoms with Gasteiger partial charge in [-0.3, -0.25) is 11.3 Å². The Balaban J connectivity index is 2.27. The van der Waals surface area contributed by atoms with Gasteiger partial charge in [0.15, 0.2) is 16.2 Å². The van der Waals surface area contributed by atoms with Crippen molar-refractivity contribution in [3.05, 3.63) is 52.1 Å². The standard InChI is InChI=1S/C13H14BrFN2O2/c1-18-11-4-2-3-8(12(11)15)7-10(17-16)9-5-6-19-13(9)14/h2-6,10,17H,7,16H2,1H3. The van der Waals surface area contributed by atoms with Crippen LogP contribution in [0, 0.1) is 5.82 Å². The molecule has 1 aromatic heterocycles. The molecule has 0 fully saturated rings. The maximum absolute atomic E-state index is 14.1. The van der Waals surface area contributed by atoms with Crippen LogP contribution in [0.2, 0.25) is 0 Å². The minimum Gasteiger partial charge on any atom is -0.494 e. The number of rotatable bonds is 5. The molecule has 4 nitrogen and oxygen atoms in total. The second-order valence-corrected chi connectivity index (χ2v) is 4.73. The van der Waals surface area contributed by atoms with E-state index in [2.05, 4.69) is 21.4 Å². The van der Waals surface area contributed by atoms with E-state index in [0.29, 0.717) is 16.7 Å². The molecule has 2 aromatic rings. The van der Waals surface area contributed by atoms with Gasteiger partial charge in [0.25, 0.3) is 0 Å². The normalized spacial score (nSPS) is 12.4. The predicted molar refractivity (Wildman–Crippen MR) is 73.1 cm³/mol. The molecule has 0 saturated heterocycles. The number of hydrogen-bond acceptors (Lipinski definition) is 4. The zero-order chi connectivity index (χ0) is 13.8. The Kier molecular flexibility index (Phi) is 4.57. The van der Waals surface area contributed by atoms with Gasteiger partial charge in [0.1, 0.15) is 0 Å². The van der Waals surface area contributed by atoms with E-state index in [1.54, 1.807) is 30.5 Å².